The molecular weight excluding hydrogens is 251 g/mol. The van der Waals surface area contributed by atoms with Gasteiger partial charge in [0.2, 0.25) is 0 Å². The summed E-state index contributed by atoms with van der Waals surface area (Å²) in [7, 11) is -3.99. The molecule has 2 rings (SSSR count). The van der Waals surface area contributed by atoms with Gasteiger partial charge >= 0.3 is 7.60 Å². The van der Waals surface area contributed by atoms with E-state index in [-0.39, 0.29) is 12.6 Å². The minimum atomic E-state index is -3.99. The number of fused-ring (bicyclic) bond motifs is 1. The number of nitriles is 1. The summed E-state index contributed by atoms with van der Waals surface area (Å²) in [6.07, 6.45) is 1.65. The molecule has 0 bridgehead atoms. The van der Waals surface area contributed by atoms with Crippen molar-refractivity contribution >= 4 is 18.4 Å². The molecule has 0 aliphatic heterocycles. The highest BCUT2D eigenvalue weighted by atomic mass is 31.2. The van der Waals surface area contributed by atoms with Gasteiger partial charge < -0.3 is 9.79 Å². The summed E-state index contributed by atoms with van der Waals surface area (Å²) in [6.45, 7) is 0. The minimum absolute atomic E-state index is 0.194. The normalized spacial score (nSPS) is 11.4. The predicted octanol–water partition coefficient (Wildman–Crippen LogP) is 1.83. The Morgan fingerprint density at radius 1 is 1.33 bits per heavy atom. The van der Waals surface area contributed by atoms with Crippen LogP contribution in [0.15, 0.2) is 30.5 Å². The van der Waals surface area contributed by atoms with E-state index in [1.165, 1.54) is 0 Å². The molecule has 0 aliphatic carbocycles. The summed E-state index contributed by atoms with van der Waals surface area (Å²) >= 11 is 0. The third kappa shape index (κ3) is 2.93. The Balaban J connectivity index is 2.38. The van der Waals surface area contributed by atoms with Gasteiger partial charge in [0.15, 0.2) is 0 Å². The van der Waals surface area contributed by atoms with Crippen LogP contribution in [-0.4, -0.2) is 20.9 Å². The van der Waals surface area contributed by atoms with Crippen LogP contribution in [0.2, 0.25) is 0 Å². The first-order valence-corrected chi connectivity index (χ1v) is 7.12. The van der Waals surface area contributed by atoms with E-state index in [4.69, 9.17) is 15.0 Å². The second-order valence-electron chi connectivity index (χ2n) is 3.97. The second kappa shape index (κ2) is 4.87. The van der Waals surface area contributed by atoms with Crippen LogP contribution in [0.5, 0.6) is 0 Å². The van der Waals surface area contributed by atoms with Gasteiger partial charge in [0.1, 0.15) is 11.8 Å². The first-order chi connectivity index (χ1) is 8.49. The highest BCUT2D eigenvalue weighted by Crippen LogP contribution is 2.35. The summed E-state index contributed by atoms with van der Waals surface area (Å²) in [5, 5.41) is 10.6. The molecule has 0 radical (unpaired) electrons. The number of aryl methyl sites for hydroxylation is 1. The molecule has 0 unspecified atom stereocenters. The maximum atomic E-state index is 10.8. The highest BCUT2D eigenvalue weighted by molar-refractivity contribution is 7.51. The van der Waals surface area contributed by atoms with Crippen LogP contribution in [-0.2, 0) is 11.0 Å². The van der Waals surface area contributed by atoms with Crippen molar-refractivity contribution in [2.75, 3.05) is 6.16 Å². The molecule has 92 valence electrons. The fourth-order valence-corrected chi connectivity index (χ4v) is 2.28. The number of aromatic nitrogens is 1. The van der Waals surface area contributed by atoms with Gasteiger partial charge in [0.05, 0.1) is 6.16 Å². The number of hydrogen-bond donors (Lipinski definition) is 2. The molecule has 2 aromatic rings. The van der Waals surface area contributed by atoms with Crippen LogP contribution >= 0.6 is 7.60 Å². The lowest BCUT2D eigenvalue weighted by molar-refractivity contribution is 0.373. The third-order valence-corrected chi connectivity index (χ3v) is 3.43. The van der Waals surface area contributed by atoms with Gasteiger partial charge in [-0.3, -0.25) is 4.57 Å². The quantitative estimate of drug-likeness (QED) is 0.823. The molecule has 0 fully saturated rings. The van der Waals surface area contributed by atoms with Gasteiger partial charge in [-0.2, -0.15) is 5.26 Å². The summed E-state index contributed by atoms with van der Waals surface area (Å²) in [6, 6.07) is 9.19. The number of nitrogens with zero attached hydrogens (tertiary/aromatic N) is 2. The van der Waals surface area contributed by atoms with Gasteiger partial charge in [-0.15, -0.1) is 0 Å². The van der Waals surface area contributed by atoms with E-state index < -0.39 is 7.60 Å². The molecule has 1 aromatic carbocycles. The monoisotopic (exact) mass is 262 g/mol. The van der Waals surface area contributed by atoms with Crippen molar-refractivity contribution in [2.24, 2.45) is 0 Å². The summed E-state index contributed by atoms with van der Waals surface area (Å²) in [4.78, 5) is 21.6. The van der Waals surface area contributed by atoms with Crippen LogP contribution in [0.4, 0.5) is 0 Å². The van der Waals surface area contributed by atoms with E-state index in [1.807, 2.05) is 12.1 Å². The van der Waals surface area contributed by atoms with Crippen molar-refractivity contribution in [3.8, 4) is 6.07 Å². The molecule has 0 saturated heterocycles. The molecule has 0 spiro atoms. The molecule has 1 aromatic heterocycles. The van der Waals surface area contributed by atoms with E-state index >= 15 is 0 Å². The number of hydrogen-bond acceptors (Lipinski definition) is 3. The zero-order valence-electron chi connectivity index (χ0n) is 9.45. The Kier molecular flexibility index (Phi) is 3.44. The van der Waals surface area contributed by atoms with E-state index in [1.54, 1.807) is 24.4 Å². The Morgan fingerprint density at radius 2 is 2.11 bits per heavy atom. The lowest BCUT2D eigenvalue weighted by Crippen LogP contribution is -1.94. The Morgan fingerprint density at radius 3 is 2.78 bits per heavy atom. The van der Waals surface area contributed by atoms with Crippen molar-refractivity contribution in [2.45, 2.75) is 6.42 Å². The fourth-order valence-electron chi connectivity index (χ4n) is 1.73. The molecular formula is C12H11N2O3P. The molecule has 18 heavy (non-hydrogen) atoms. The topological polar surface area (TPSA) is 94.2 Å². The molecule has 0 atom stereocenters. The van der Waals surface area contributed by atoms with E-state index in [0.29, 0.717) is 11.1 Å². The largest absolute Gasteiger partial charge is 0.325 e. The molecule has 1 heterocycles. The number of rotatable bonds is 3. The predicted molar refractivity (Wildman–Crippen MR) is 67.1 cm³/mol. The summed E-state index contributed by atoms with van der Waals surface area (Å²) in [5.74, 6) is 0. The zero-order valence-corrected chi connectivity index (χ0v) is 10.3. The lowest BCUT2D eigenvalue weighted by Gasteiger charge is -2.06. The van der Waals surface area contributed by atoms with Gasteiger partial charge in [0, 0.05) is 11.6 Å². The summed E-state index contributed by atoms with van der Waals surface area (Å²) in [5.41, 5.74) is 1.11. The molecule has 0 saturated carbocycles. The second-order valence-corrected chi connectivity index (χ2v) is 5.74. The lowest BCUT2D eigenvalue weighted by atomic mass is 10.1. The average Bonchev–Trinajstić information content (AvgIpc) is 2.34. The van der Waals surface area contributed by atoms with Crippen molar-refractivity contribution < 1.29 is 14.4 Å². The van der Waals surface area contributed by atoms with Gasteiger partial charge in [-0.05, 0) is 29.5 Å². The Hall–Kier alpha value is -1.73. The van der Waals surface area contributed by atoms with Crippen LogP contribution in [0, 0.1) is 11.3 Å². The van der Waals surface area contributed by atoms with E-state index in [0.717, 1.165) is 10.9 Å². The van der Waals surface area contributed by atoms with Crippen molar-refractivity contribution in [3.63, 3.8) is 0 Å². The zero-order chi connectivity index (χ0) is 13.2. The molecule has 6 heteroatoms. The van der Waals surface area contributed by atoms with E-state index in [9.17, 15) is 4.57 Å². The van der Waals surface area contributed by atoms with Crippen molar-refractivity contribution in [1.82, 2.24) is 4.98 Å². The van der Waals surface area contributed by atoms with Gasteiger partial charge in [-0.25, -0.2) is 4.98 Å². The maximum Gasteiger partial charge on any atom is 0.325 e. The Labute approximate surface area is 104 Å². The highest BCUT2D eigenvalue weighted by Gasteiger charge is 2.13. The Bertz CT molecular complexity index is 673. The van der Waals surface area contributed by atoms with Crippen LogP contribution in [0.3, 0.4) is 0 Å². The maximum absolute atomic E-state index is 10.8. The molecule has 5 nitrogen and oxygen atoms in total. The van der Waals surface area contributed by atoms with Crippen molar-refractivity contribution in [1.29, 1.82) is 5.26 Å². The fraction of sp³-hybridized carbons (Fsp3) is 0.167. The molecule has 0 aliphatic rings. The van der Waals surface area contributed by atoms with Gasteiger partial charge in [-0.1, -0.05) is 12.1 Å². The standard InChI is InChI=1S/C12H11N2O3P/c13-8-12-11-7-9(4-6-18(15,16)17)1-2-10(11)3-5-14-12/h1-3,5,7H,4,6H2,(H2,15,16,17). The first kappa shape index (κ1) is 12.7. The van der Waals surface area contributed by atoms with Crippen molar-refractivity contribution in [3.05, 3.63) is 41.7 Å². The molecule has 0 amide bonds. The minimum Gasteiger partial charge on any atom is -0.324 e. The first-order valence-electron chi connectivity index (χ1n) is 5.32. The van der Waals surface area contributed by atoms with Crippen LogP contribution in [0.1, 0.15) is 11.3 Å². The average molecular weight is 262 g/mol. The number of benzene rings is 1. The van der Waals surface area contributed by atoms with Crippen LogP contribution in [0.25, 0.3) is 10.8 Å². The van der Waals surface area contributed by atoms with Crippen LogP contribution < -0.4 is 0 Å². The SMILES string of the molecule is N#Cc1nccc2ccc(CCP(=O)(O)O)cc12. The molecule has 2 N–H and O–H groups in total. The summed E-state index contributed by atoms with van der Waals surface area (Å²) < 4.78 is 10.8. The van der Waals surface area contributed by atoms with E-state index in [2.05, 4.69) is 4.98 Å². The van der Waals surface area contributed by atoms with Gasteiger partial charge in [0.25, 0.3) is 0 Å². The smallest absolute Gasteiger partial charge is 0.324 e. The third-order valence-electron chi connectivity index (χ3n) is 2.63. The number of pyridine rings is 1.